The molecule has 4 aromatic carbocycles. The van der Waals surface area contributed by atoms with E-state index in [4.69, 9.17) is 11.3 Å². The number of aromatic hydroxyl groups is 1. The van der Waals surface area contributed by atoms with Crippen molar-refractivity contribution >= 4 is 39.5 Å². The summed E-state index contributed by atoms with van der Waals surface area (Å²) in [6.45, 7) is 0. The summed E-state index contributed by atoms with van der Waals surface area (Å²) in [5.41, 5.74) is 7.10. The van der Waals surface area contributed by atoms with Crippen LogP contribution in [0.1, 0.15) is 12.5 Å². The number of fused-ring (bicyclic) bond motifs is 3. The number of nitrogens with zero attached hydrogens (tertiary/aromatic N) is 4. The summed E-state index contributed by atoms with van der Waals surface area (Å²) < 4.78 is 8.25. The zero-order valence-corrected chi connectivity index (χ0v) is 24.2. The molecule has 0 unspecified atom stereocenters. The SMILES string of the molecule is [2H]c1ccc(O)c2nc(-c3[c-]c4c(c(C#Cc5ccccc5)c3)N(C)c3ccccc3N4c3ccccn3)ccc12.[Pt]. The van der Waals surface area contributed by atoms with Crippen molar-refractivity contribution in [2.24, 2.45) is 0 Å². The van der Waals surface area contributed by atoms with Gasteiger partial charge in [0.25, 0.3) is 0 Å². The summed E-state index contributed by atoms with van der Waals surface area (Å²) in [7, 11) is 2.04. The van der Waals surface area contributed by atoms with Crippen LogP contribution in [0.2, 0.25) is 0 Å². The first-order chi connectivity index (χ1) is 20.1. The van der Waals surface area contributed by atoms with Gasteiger partial charge < -0.3 is 14.9 Å². The van der Waals surface area contributed by atoms with Crippen LogP contribution in [0.4, 0.5) is 28.6 Å². The summed E-state index contributed by atoms with van der Waals surface area (Å²) in [5, 5.41) is 11.1. The van der Waals surface area contributed by atoms with E-state index >= 15 is 0 Å². The molecule has 0 saturated carbocycles. The smallest absolute Gasteiger partial charge is 0.140 e. The molecule has 0 spiro atoms. The van der Waals surface area contributed by atoms with Crippen LogP contribution < -0.4 is 9.80 Å². The molecule has 0 aliphatic carbocycles. The molecule has 0 radical (unpaired) electrons. The maximum Gasteiger partial charge on any atom is 0.140 e. The Morgan fingerprint density at radius 2 is 1.63 bits per heavy atom. The Bertz CT molecular complexity index is 2010. The Balaban J connectivity index is 0.00000316. The van der Waals surface area contributed by atoms with Crippen molar-refractivity contribution < 1.29 is 27.5 Å². The molecule has 41 heavy (non-hydrogen) atoms. The molecule has 6 heteroatoms. The van der Waals surface area contributed by atoms with Crippen LogP contribution in [0, 0.1) is 17.9 Å². The van der Waals surface area contributed by atoms with Crippen molar-refractivity contribution in [2.45, 2.75) is 0 Å². The summed E-state index contributed by atoms with van der Waals surface area (Å²) in [4.78, 5) is 13.7. The van der Waals surface area contributed by atoms with Gasteiger partial charge in [-0.25, -0.2) is 4.98 Å². The van der Waals surface area contributed by atoms with Gasteiger partial charge in [-0.3, -0.25) is 4.98 Å². The van der Waals surface area contributed by atoms with Crippen LogP contribution >= 0.6 is 0 Å². The van der Waals surface area contributed by atoms with Crippen LogP contribution in [-0.4, -0.2) is 22.1 Å². The number of benzene rings is 4. The molecule has 1 aliphatic heterocycles. The minimum Gasteiger partial charge on any atom is -0.506 e. The summed E-state index contributed by atoms with van der Waals surface area (Å²) in [5.74, 6) is 7.54. The van der Waals surface area contributed by atoms with Crippen LogP contribution in [0.25, 0.3) is 22.2 Å². The fourth-order valence-electron chi connectivity index (χ4n) is 5.07. The Labute approximate surface area is 254 Å². The number of pyridine rings is 2. The van der Waals surface area contributed by atoms with Crippen molar-refractivity contribution in [3.63, 3.8) is 0 Å². The monoisotopic (exact) mass is 711 g/mol. The molecule has 5 nitrogen and oxygen atoms in total. The molecular formula is C35H23N4OPt-. The number of para-hydroxylation sites is 3. The molecule has 0 saturated heterocycles. The number of aromatic nitrogens is 2. The molecule has 1 N–H and O–H groups in total. The van der Waals surface area contributed by atoms with Gasteiger partial charge in [-0.05, 0) is 65.1 Å². The van der Waals surface area contributed by atoms with Gasteiger partial charge in [0.05, 0.1) is 12.7 Å². The van der Waals surface area contributed by atoms with E-state index in [1.54, 1.807) is 12.3 Å². The molecule has 2 aromatic heterocycles. The second-order valence-electron chi connectivity index (χ2n) is 9.44. The normalized spacial score (nSPS) is 12.0. The second-order valence-corrected chi connectivity index (χ2v) is 9.44. The van der Waals surface area contributed by atoms with Gasteiger partial charge in [0, 0.05) is 45.3 Å². The summed E-state index contributed by atoms with van der Waals surface area (Å²) >= 11 is 0. The molecule has 0 fully saturated rings. The molecule has 6 aromatic rings. The Kier molecular flexibility index (Phi) is 6.68. The zero-order valence-electron chi connectivity index (χ0n) is 22.9. The van der Waals surface area contributed by atoms with Crippen LogP contribution in [-0.2, 0) is 21.1 Å². The van der Waals surface area contributed by atoms with Crippen LogP contribution in [0.3, 0.4) is 0 Å². The van der Waals surface area contributed by atoms with E-state index in [2.05, 4.69) is 39.8 Å². The van der Waals surface area contributed by atoms with E-state index in [1.165, 1.54) is 6.07 Å². The summed E-state index contributed by atoms with van der Waals surface area (Å²) in [6, 6.07) is 36.6. The maximum atomic E-state index is 10.6. The number of hydrogen-bond donors (Lipinski definition) is 1. The Morgan fingerprint density at radius 1 is 0.854 bits per heavy atom. The zero-order chi connectivity index (χ0) is 27.9. The van der Waals surface area contributed by atoms with Gasteiger partial charge in [0.2, 0.25) is 0 Å². The van der Waals surface area contributed by atoms with E-state index in [0.29, 0.717) is 28.2 Å². The minimum atomic E-state index is 0. The van der Waals surface area contributed by atoms with Crippen molar-refractivity contribution in [2.75, 3.05) is 16.8 Å². The maximum absolute atomic E-state index is 10.6. The van der Waals surface area contributed by atoms with Gasteiger partial charge in [-0.2, -0.15) is 0 Å². The number of phenols is 1. The van der Waals surface area contributed by atoms with Crippen molar-refractivity contribution in [3.8, 4) is 28.8 Å². The Hall–Kier alpha value is -4.91. The number of hydrogen-bond acceptors (Lipinski definition) is 5. The first kappa shape index (κ1) is 25.1. The van der Waals surface area contributed by atoms with Gasteiger partial charge in [-0.1, -0.05) is 72.5 Å². The second kappa shape index (κ2) is 10.9. The minimum absolute atomic E-state index is 0. The molecular weight excluding hydrogens is 687 g/mol. The van der Waals surface area contributed by atoms with E-state index < -0.39 is 0 Å². The predicted molar refractivity (Wildman–Crippen MR) is 161 cm³/mol. The van der Waals surface area contributed by atoms with E-state index in [-0.39, 0.29) is 26.8 Å². The van der Waals surface area contributed by atoms with E-state index in [1.807, 2.05) is 85.9 Å². The fourth-order valence-corrected chi connectivity index (χ4v) is 5.07. The first-order valence-corrected chi connectivity index (χ1v) is 12.9. The van der Waals surface area contributed by atoms with Crippen LogP contribution in [0.15, 0.2) is 115 Å². The van der Waals surface area contributed by atoms with E-state index in [9.17, 15) is 5.11 Å². The number of rotatable bonds is 2. The molecule has 200 valence electrons. The van der Waals surface area contributed by atoms with Crippen molar-refractivity contribution in [3.05, 3.63) is 133 Å². The van der Waals surface area contributed by atoms with Crippen LogP contribution in [0.5, 0.6) is 5.75 Å². The third kappa shape index (κ3) is 4.73. The number of anilines is 5. The third-order valence-electron chi connectivity index (χ3n) is 6.95. The molecule has 7 rings (SSSR count). The van der Waals surface area contributed by atoms with Gasteiger partial charge in [-0.15, -0.1) is 17.7 Å². The van der Waals surface area contributed by atoms with Crippen molar-refractivity contribution in [1.82, 2.24) is 9.97 Å². The number of phenolic OH excluding ortho intramolecular Hbond substituents is 1. The Morgan fingerprint density at radius 3 is 2.44 bits per heavy atom. The molecule has 0 atom stereocenters. The van der Waals surface area contributed by atoms with Gasteiger partial charge >= 0.3 is 0 Å². The molecule has 3 heterocycles. The van der Waals surface area contributed by atoms with Gasteiger partial charge in [0.15, 0.2) is 0 Å². The van der Waals surface area contributed by atoms with Gasteiger partial charge in [0.1, 0.15) is 17.1 Å². The largest absolute Gasteiger partial charge is 0.506 e. The predicted octanol–water partition coefficient (Wildman–Crippen LogP) is 7.75. The van der Waals surface area contributed by atoms with Crippen molar-refractivity contribution in [1.29, 1.82) is 0 Å². The molecule has 1 aliphatic rings. The summed E-state index contributed by atoms with van der Waals surface area (Å²) in [6.07, 6.45) is 1.78. The van der Waals surface area contributed by atoms with E-state index in [0.717, 1.165) is 39.7 Å². The topological polar surface area (TPSA) is 52.5 Å². The quantitative estimate of drug-likeness (QED) is 0.147. The average Bonchev–Trinajstić information content (AvgIpc) is 3.02. The fraction of sp³-hybridized carbons (Fsp3) is 0.0286. The first-order valence-electron chi connectivity index (χ1n) is 13.4. The standard InChI is InChI=1S/C35H23N4O.Pt/c1-38-29-13-5-6-14-30(29)39(33-16-7-8-21-36-33)31-23-27(28-20-19-25-12-9-15-32(40)34(25)37-28)22-26(35(31)38)18-17-24-10-3-2-4-11-24;/h2-16,19-22,40H,1H3;/q-1;/i12D;. The molecule has 0 bridgehead atoms. The third-order valence-corrected chi connectivity index (χ3v) is 6.95. The average molecular weight is 712 g/mol. The molecule has 0 amide bonds.